The Morgan fingerprint density at radius 1 is 1.35 bits per heavy atom. The van der Waals surface area contributed by atoms with Crippen molar-refractivity contribution in [3.8, 4) is 0 Å². The van der Waals surface area contributed by atoms with Gasteiger partial charge >= 0.3 is 0 Å². The second kappa shape index (κ2) is 5.06. The molecule has 17 heavy (non-hydrogen) atoms. The standard InChI is InChI=1S/C12H18IN3O/c1-3-17-12(6-4-5-7-12)11-15-8(2)9(13)10(14)16-11/h3-7H2,1-2H3,(H2,14,15,16). The van der Waals surface area contributed by atoms with Crippen LogP contribution in [0.4, 0.5) is 5.82 Å². The highest BCUT2D eigenvalue weighted by Gasteiger charge is 2.39. The van der Waals surface area contributed by atoms with Gasteiger partial charge in [0.1, 0.15) is 11.4 Å². The second-order valence-corrected chi connectivity index (χ2v) is 5.55. The number of nitrogens with two attached hydrogens (primary N) is 1. The van der Waals surface area contributed by atoms with Crippen LogP contribution in [0, 0.1) is 10.5 Å². The van der Waals surface area contributed by atoms with Crippen molar-refractivity contribution in [1.29, 1.82) is 0 Å². The number of rotatable bonds is 3. The maximum atomic E-state index is 5.94. The van der Waals surface area contributed by atoms with Crippen LogP contribution in [-0.4, -0.2) is 16.6 Å². The topological polar surface area (TPSA) is 61.0 Å². The number of aryl methyl sites for hydroxylation is 1. The summed E-state index contributed by atoms with van der Waals surface area (Å²) in [4.78, 5) is 9.02. The first-order valence-corrected chi connectivity index (χ1v) is 7.11. The molecule has 1 fully saturated rings. The van der Waals surface area contributed by atoms with Crippen molar-refractivity contribution in [2.75, 3.05) is 12.3 Å². The Balaban J connectivity index is 2.43. The van der Waals surface area contributed by atoms with Crippen molar-refractivity contribution < 1.29 is 4.74 Å². The second-order valence-electron chi connectivity index (χ2n) is 4.47. The third-order valence-electron chi connectivity index (χ3n) is 3.28. The van der Waals surface area contributed by atoms with Crippen molar-refractivity contribution in [2.24, 2.45) is 0 Å². The molecular weight excluding hydrogens is 329 g/mol. The van der Waals surface area contributed by atoms with Crippen molar-refractivity contribution in [1.82, 2.24) is 9.97 Å². The zero-order valence-corrected chi connectivity index (χ0v) is 12.5. The Morgan fingerprint density at radius 3 is 2.53 bits per heavy atom. The lowest BCUT2D eigenvalue weighted by Gasteiger charge is -2.27. The fourth-order valence-electron chi connectivity index (χ4n) is 2.44. The molecule has 0 amide bonds. The third-order valence-corrected chi connectivity index (χ3v) is 4.62. The molecule has 1 heterocycles. The summed E-state index contributed by atoms with van der Waals surface area (Å²) in [5.74, 6) is 1.34. The zero-order valence-electron chi connectivity index (χ0n) is 10.3. The Bertz CT molecular complexity index is 393. The molecule has 1 aromatic rings. The summed E-state index contributed by atoms with van der Waals surface area (Å²) < 4.78 is 6.88. The SMILES string of the molecule is CCOC1(c2nc(C)c(I)c(N)n2)CCCC1. The van der Waals surface area contributed by atoms with Crippen LogP contribution in [0.15, 0.2) is 0 Å². The highest BCUT2D eigenvalue weighted by molar-refractivity contribution is 14.1. The largest absolute Gasteiger partial charge is 0.383 e. The molecule has 1 aliphatic carbocycles. The Kier molecular flexibility index (Phi) is 3.87. The molecule has 0 aliphatic heterocycles. The molecule has 5 heteroatoms. The van der Waals surface area contributed by atoms with Crippen molar-refractivity contribution >= 4 is 28.4 Å². The van der Waals surface area contributed by atoms with Crippen LogP contribution in [0.1, 0.15) is 44.1 Å². The molecule has 0 atom stereocenters. The maximum absolute atomic E-state index is 5.94. The van der Waals surface area contributed by atoms with Gasteiger partial charge in [-0.1, -0.05) is 0 Å². The van der Waals surface area contributed by atoms with Crippen LogP contribution in [0.5, 0.6) is 0 Å². The van der Waals surface area contributed by atoms with Crippen LogP contribution >= 0.6 is 22.6 Å². The van der Waals surface area contributed by atoms with Gasteiger partial charge in [0.25, 0.3) is 0 Å². The van der Waals surface area contributed by atoms with Gasteiger partial charge in [-0.25, -0.2) is 9.97 Å². The monoisotopic (exact) mass is 347 g/mol. The van der Waals surface area contributed by atoms with Crippen molar-refractivity contribution in [2.45, 2.75) is 45.1 Å². The number of halogens is 1. The lowest BCUT2D eigenvalue weighted by Crippen LogP contribution is -2.29. The van der Waals surface area contributed by atoms with Gasteiger partial charge in [0.2, 0.25) is 0 Å². The highest BCUT2D eigenvalue weighted by atomic mass is 127. The minimum Gasteiger partial charge on any atom is -0.383 e. The van der Waals surface area contributed by atoms with Gasteiger partial charge in [0.15, 0.2) is 5.82 Å². The first-order valence-electron chi connectivity index (χ1n) is 6.03. The fourth-order valence-corrected chi connectivity index (χ4v) is 2.68. The molecule has 2 N–H and O–H groups in total. The summed E-state index contributed by atoms with van der Waals surface area (Å²) in [5, 5.41) is 0. The van der Waals surface area contributed by atoms with Crippen molar-refractivity contribution in [3.05, 3.63) is 15.1 Å². The van der Waals surface area contributed by atoms with Gasteiger partial charge in [-0.05, 0) is 62.1 Å². The van der Waals surface area contributed by atoms with E-state index in [0.717, 1.165) is 27.9 Å². The summed E-state index contributed by atoms with van der Waals surface area (Å²) in [6.45, 7) is 4.68. The smallest absolute Gasteiger partial charge is 0.162 e. The van der Waals surface area contributed by atoms with Crippen molar-refractivity contribution in [3.63, 3.8) is 0 Å². The highest BCUT2D eigenvalue weighted by Crippen LogP contribution is 2.41. The zero-order chi connectivity index (χ0) is 12.5. The van der Waals surface area contributed by atoms with E-state index < -0.39 is 0 Å². The number of ether oxygens (including phenoxy) is 1. The molecule has 1 aliphatic rings. The van der Waals surface area contributed by atoms with E-state index in [1.54, 1.807) is 0 Å². The minimum absolute atomic E-state index is 0.294. The Morgan fingerprint density at radius 2 is 2.00 bits per heavy atom. The van der Waals surface area contributed by atoms with Gasteiger partial charge in [-0.15, -0.1) is 0 Å². The molecule has 4 nitrogen and oxygen atoms in total. The molecular formula is C12H18IN3O. The molecule has 2 rings (SSSR count). The number of nitrogens with zero attached hydrogens (tertiary/aromatic N) is 2. The van der Waals surface area contributed by atoms with Crippen LogP contribution in [-0.2, 0) is 10.3 Å². The fraction of sp³-hybridized carbons (Fsp3) is 0.667. The molecule has 94 valence electrons. The first-order chi connectivity index (χ1) is 8.09. The lowest BCUT2D eigenvalue weighted by molar-refractivity contribution is -0.0457. The quantitative estimate of drug-likeness (QED) is 0.855. The molecule has 0 bridgehead atoms. The number of nitrogen functional groups attached to an aromatic ring is 1. The normalized spacial score (nSPS) is 18.5. The first kappa shape index (κ1) is 13.0. The Labute approximate surface area is 115 Å². The van der Waals surface area contributed by atoms with Crippen LogP contribution < -0.4 is 5.73 Å². The molecule has 1 aromatic heterocycles. The molecule has 0 saturated heterocycles. The number of hydrogen-bond donors (Lipinski definition) is 1. The summed E-state index contributed by atoms with van der Waals surface area (Å²) in [6, 6.07) is 0. The predicted molar refractivity (Wildman–Crippen MR) is 75.7 cm³/mol. The molecule has 0 spiro atoms. The van der Waals surface area contributed by atoms with E-state index in [4.69, 9.17) is 10.5 Å². The summed E-state index contributed by atoms with van der Waals surface area (Å²) in [5.41, 5.74) is 6.58. The van der Waals surface area contributed by atoms with Gasteiger partial charge in [-0.2, -0.15) is 0 Å². The average Bonchev–Trinajstić information content (AvgIpc) is 2.75. The van der Waals surface area contributed by atoms with E-state index in [9.17, 15) is 0 Å². The molecule has 0 radical (unpaired) electrons. The van der Waals surface area contributed by atoms with Crippen LogP contribution in [0.2, 0.25) is 0 Å². The van der Waals surface area contributed by atoms with Crippen LogP contribution in [0.3, 0.4) is 0 Å². The number of anilines is 1. The number of aromatic nitrogens is 2. The summed E-state index contributed by atoms with van der Waals surface area (Å²) in [7, 11) is 0. The van der Waals surface area contributed by atoms with E-state index in [1.165, 1.54) is 12.8 Å². The van der Waals surface area contributed by atoms with E-state index in [0.29, 0.717) is 12.4 Å². The van der Waals surface area contributed by atoms with Gasteiger partial charge in [0.05, 0.1) is 9.26 Å². The number of hydrogen-bond acceptors (Lipinski definition) is 4. The Hall–Kier alpha value is -0.430. The molecule has 1 saturated carbocycles. The predicted octanol–water partition coefficient (Wildman–Crippen LogP) is 2.78. The van der Waals surface area contributed by atoms with Gasteiger partial charge in [0, 0.05) is 6.61 Å². The molecule has 0 aromatic carbocycles. The van der Waals surface area contributed by atoms with Gasteiger partial charge in [-0.3, -0.25) is 0 Å². The van der Waals surface area contributed by atoms with E-state index >= 15 is 0 Å². The average molecular weight is 347 g/mol. The summed E-state index contributed by atoms with van der Waals surface area (Å²) >= 11 is 2.18. The van der Waals surface area contributed by atoms with Crippen LogP contribution in [0.25, 0.3) is 0 Å². The minimum atomic E-state index is -0.294. The lowest BCUT2D eigenvalue weighted by atomic mass is 10.0. The van der Waals surface area contributed by atoms with E-state index in [2.05, 4.69) is 32.6 Å². The maximum Gasteiger partial charge on any atom is 0.162 e. The van der Waals surface area contributed by atoms with E-state index in [-0.39, 0.29) is 5.60 Å². The summed E-state index contributed by atoms with van der Waals surface area (Å²) in [6.07, 6.45) is 4.35. The van der Waals surface area contributed by atoms with E-state index in [1.807, 2.05) is 13.8 Å². The third kappa shape index (κ3) is 2.40. The van der Waals surface area contributed by atoms with Gasteiger partial charge < -0.3 is 10.5 Å². The molecule has 0 unspecified atom stereocenters.